The lowest BCUT2D eigenvalue weighted by Gasteiger charge is -2.26. The zero-order chi connectivity index (χ0) is 25.3. The van der Waals surface area contributed by atoms with Crippen LogP contribution in [-0.4, -0.2) is 54.4 Å². The first-order valence-electron chi connectivity index (χ1n) is 10.4. The van der Waals surface area contributed by atoms with Gasteiger partial charge in [-0.3, -0.25) is 4.79 Å². The molecule has 0 saturated carbocycles. The molecule has 1 aliphatic rings. The average molecular weight is 482 g/mol. The number of hydrogen-bond donors (Lipinski definition) is 3. The van der Waals surface area contributed by atoms with Crippen LogP contribution in [0.3, 0.4) is 0 Å². The van der Waals surface area contributed by atoms with E-state index in [0.717, 1.165) is 31.6 Å². The lowest BCUT2D eigenvalue weighted by molar-refractivity contribution is -0.192. The van der Waals surface area contributed by atoms with Crippen molar-refractivity contribution < 1.29 is 42.5 Å². The molecule has 0 spiro atoms. The van der Waals surface area contributed by atoms with Gasteiger partial charge in [0.1, 0.15) is 5.75 Å². The van der Waals surface area contributed by atoms with Crippen LogP contribution in [0.25, 0.3) is 0 Å². The molecule has 0 atom stereocenters. The number of alkyl halides is 3. The highest BCUT2D eigenvalue weighted by Crippen LogP contribution is 2.30. The van der Waals surface area contributed by atoms with Crippen LogP contribution in [-0.2, 0) is 4.79 Å². The second-order valence-corrected chi connectivity index (χ2v) is 7.42. The van der Waals surface area contributed by atoms with Gasteiger partial charge < -0.3 is 25.2 Å². The summed E-state index contributed by atoms with van der Waals surface area (Å²) in [6, 6.07) is 11.7. The lowest BCUT2D eigenvalue weighted by Crippen LogP contribution is -2.26. The number of anilines is 2. The van der Waals surface area contributed by atoms with Gasteiger partial charge >= 0.3 is 18.1 Å². The van der Waals surface area contributed by atoms with Gasteiger partial charge in [0.2, 0.25) is 0 Å². The highest BCUT2D eigenvalue weighted by Gasteiger charge is 2.38. The summed E-state index contributed by atoms with van der Waals surface area (Å²) in [5, 5.41) is 19.3. The monoisotopic (exact) mass is 482 g/mol. The maximum Gasteiger partial charge on any atom is 0.490 e. The van der Waals surface area contributed by atoms with Crippen molar-refractivity contribution in [2.75, 3.05) is 30.4 Å². The number of halogens is 3. The van der Waals surface area contributed by atoms with E-state index in [-0.39, 0.29) is 11.5 Å². The Hall–Kier alpha value is -3.76. The molecule has 2 aromatic carbocycles. The topological polar surface area (TPSA) is 116 Å². The van der Waals surface area contributed by atoms with Gasteiger partial charge in [-0.1, -0.05) is 12.8 Å². The first-order chi connectivity index (χ1) is 16.0. The summed E-state index contributed by atoms with van der Waals surface area (Å²) in [7, 11) is 1.57. The number of nitrogens with one attached hydrogen (secondary N) is 1. The van der Waals surface area contributed by atoms with Crippen LogP contribution in [0.4, 0.5) is 24.5 Å². The Bertz CT molecular complexity index is 1000. The highest BCUT2D eigenvalue weighted by molar-refractivity contribution is 6.06. The summed E-state index contributed by atoms with van der Waals surface area (Å²) in [4.78, 5) is 35.2. The van der Waals surface area contributed by atoms with Crippen LogP contribution >= 0.6 is 0 Å². The number of carbonyl (C=O) groups is 3. The fourth-order valence-electron chi connectivity index (χ4n) is 3.29. The molecule has 8 nitrogen and oxygen atoms in total. The number of carboxylic acid groups (broad SMARTS) is 2. The molecule has 1 fully saturated rings. The predicted octanol–water partition coefficient (Wildman–Crippen LogP) is 4.66. The van der Waals surface area contributed by atoms with E-state index < -0.39 is 18.1 Å². The first kappa shape index (κ1) is 26.5. The Kier molecular flexibility index (Phi) is 9.28. The predicted molar refractivity (Wildman–Crippen MR) is 119 cm³/mol. The zero-order valence-corrected chi connectivity index (χ0v) is 18.4. The maximum atomic E-state index is 12.7. The van der Waals surface area contributed by atoms with Gasteiger partial charge in [-0.15, -0.1) is 0 Å². The molecule has 0 radical (unpaired) electrons. The highest BCUT2D eigenvalue weighted by atomic mass is 19.4. The summed E-state index contributed by atoms with van der Waals surface area (Å²) in [6.07, 6.45) is -0.520. The molecule has 0 aromatic heterocycles. The van der Waals surface area contributed by atoms with Gasteiger partial charge in [0.25, 0.3) is 5.91 Å². The van der Waals surface area contributed by atoms with Crippen molar-refractivity contribution in [3.8, 4) is 5.75 Å². The van der Waals surface area contributed by atoms with E-state index in [4.69, 9.17) is 14.6 Å². The fourth-order valence-corrected chi connectivity index (χ4v) is 3.29. The van der Waals surface area contributed by atoms with Gasteiger partial charge in [0.15, 0.2) is 0 Å². The standard InChI is InChI=1S/C21H24N2O4.C2HF3O2/c1-27-17-9-6-15(7-10-17)20(24)22-18-14-16(21(25)26)8-11-19(18)23-12-4-2-3-5-13-23;3-2(4,5)1(6)7/h6-11,14H,2-5,12-13H2,1H3,(H,22,24)(H,25,26);(H,6,7). The molecule has 1 saturated heterocycles. The number of rotatable bonds is 5. The normalized spacial score (nSPS) is 13.7. The van der Waals surface area contributed by atoms with E-state index >= 15 is 0 Å². The molecular formula is C23H25F3N2O6. The number of aromatic carboxylic acids is 1. The molecular weight excluding hydrogens is 457 g/mol. The molecule has 1 heterocycles. The molecule has 1 aliphatic heterocycles. The van der Waals surface area contributed by atoms with Crippen molar-refractivity contribution in [2.45, 2.75) is 31.9 Å². The third kappa shape index (κ3) is 7.68. The zero-order valence-electron chi connectivity index (χ0n) is 18.4. The van der Waals surface area contributed by atoms with Crippen LogP contribution in [0.2, 0.25) is 0 Å². The molecule has 34 heavy (non-hydrogen) atoms. The number of ether oxygens (including phenoxy) is 1. The third-order valence-corrected chi connectivity index (χ3v) is 5.03. The van der Waals surface area contributed by atoms with Gasteiger partial charge in [0, 0.05) is 18.7 Å². The minimum atomic E-state index is -5.08. The summed E-state index contributed by atoms with van der Waals surface area (Å²) in [5.41, 5.74) is 2.03. The van der Waals surface area contributed by atoms with Gasteiger partial charge in [0.05, 0.1) is 24.0 Å². The molecule has 3 rings (SSSR count). The minimum absolute atomic E-state index is 0.151. The van der Waals surface area contributed by atoms with Crippen molar-refractivity contribution in [3.63, 3.8) is 0 Å². The van der Waals surface area contributed by atoms with Crippen molar-refractivity contribution in [2.24, 2.45) is 0 Å². The van der Waals surface area contributed by atoms with E-state index in [0.29, 0.717) is 17.0 Å². The summed E-state index contributed by atoms with van der Waals surface area (Å²) in [6.45, 7) is 1.80. The van der Waals surface area contributed by atoms with E-state index in [1.54, 1.807) is 43.5 Å². The number of hydrogen-bond acceptors (Lipinski definition) is 5. The van der Waals surface area contributed by atoms with E-state index in [2.05, 4.69) is 10.2 Å². The van der Waals surface area contributed by atoms with Crippen LogP contribution < -0.4 is 15.0 Å². The Balaban J connectivity index is 0.000000509. The Labute approximate surface area is 193 Å². The molecule has 184 valence electrons. The van der Waals surface area contributed by atoms with Crippen LogP contribution in [0.1, 0.15) is 46.4 Å². The van der Waals surface area contributed by atoms with Crippen molar-refractivity contribution in [1.82, 2.24) is 0 Å². The number of benzene rings is 2. The maximum absolute atomic E-state index is 12.7. The molecule has 0 unspecified atom stereocenters. The number of carboxylic acids is 2. The quantitative estimate of drug-likeness (QED) is 0.568. The van der Waals surface area contributed by atoms with E-state index in [9.17, 15) is 27.9 Å². The summed E-state index contributed by atoms with van der Waals surface area (Å²) < 4.78 is 36.9. The Morgan fingerprint density at radius 1 is 0.912 bits per heavy atom. The largest absolute Gasteiger partial charge is 0.497 e. The fraction of sp³-hybridized carbons (Fsp3) is 0.348. The summed E-state index contributed by atoms with van der Waals surface area (Å²) in [5.74, 6) is -3.38. The Morgan fingerprint density at radius 2 is 1.44 bits per heavy atom. The van der Waals surface area contributed by atoms with E-state index in [1.807, 2.05) is 0 Å². The number of methoxy groups -OCH3 is 1. The van der Waals surface area contributed by atoms with Crippen LogP contribution in [0.5, 0.6) is 5.75 Å². The molecule has 0 bridgehead atoms. The van der Waals surface area contributed by atoms with Gasteiger partial charge in [-0.25, -0.2) is 9.59 Å². The lowest BCUT2D eigenvalue weighted by atomic mass is 10.1. The van der Waals surface area contributed by atoms with Gasteiger partial charge in [-0.2, -0.15) is 13.2 Å². The molecule has 2 aromatic rings. The van der Waals surface area contributed by atoms with Crippen molar-refractivity contribution in [3.05, 3.63) is 53.6 Å². The molecule has 0 aliphatic carbocycles. The molecule has 1 amide bonds. The van der Waals surface area contributed by atoms with Crippen LogP contribution in [0, 0.1) is 0 Å². The second kappa shape index (κ2) is 11.9. The van der Waals surface area contributed by atoms with E-state index in [1.165, 1.54) is 18.9 Å². The molecule has 11 heteroatoms. The first-order valence-corrected chi connectivity index (χ1v) is 10.4. The second-order valence-electron chi connectivity index (χ2n) is 7.42. The SMILES string of the molecule is COc1ccc(C(=O)Nc2cc(C(=O)O)ccc2N2CCCCCC2)cc1.O=C(O)C(F)(F)F. The number of carbonyl (C=O) groups excluding carboxylic acids is 1. The number of nitrogens with zero attached hydrogens (tertiary/aromatic N) is 1. The average Bonchev–Trinajstić information content (AvgIpc) is 3.08. The number of aliphatic carboxylic acids is 1. The number of amides is 1. The third-order valence-electron chi connectivity index (χ3n) is 5.03. The van der Waals surface area contributed by atoms with Gasteiger partial charge in [-0.05, 0) is 55.3 Å². The molecule has 3 N–H and O–H groups in total. The van der Waals surface area contributed by atoms with Crippen LogP contribution in [0.15, 0.2) is 42.5 Å². The Morgan fingerprint density at radius 3 is 1.91 bits per heavy atom. The summed E-state index contributed by atoms with van der Waals surface area (Å²) >= 11 is 0. The smallest absolute Gasteiger partial charge is 0.490 e. The minimum Gasteiger partial charge on any atom is -0.497 e. The van der Waals surface area contributed by atoms with Crippen molar-refractivity contribution >= 4 is 29.2 Å². The van der Waals surface area contributed by atoms with Crippen molar-refractivity contribution in [1.29, 1.82) is 0 Å².